The number of nitrogens with one attached hydrogen (secondary N) is 1. The number of rotatable bonds is 4. The molecule has 0 aliphatic carbocycles. The number of hydrogen-bond acceptors (Lipinski definition) is 6. The van der Waals surface area contributed by atoms with Gasteiger partial charge in [-0.3, -0.25) is 9.59 Å². The van der Waals surface area contributed by atoms with Crippen LogP contribution in [0.5, 0.6) is 0 Å². The SMILES string of the molecule is Cc1ccc(-n2cnnn2)cc1NC(=O)[C@H]1CCCN(C(=O)c2cccs2)C1. The van der Waals surface area contributed by atoms with Crippen LogP contribution in [-0.4, -0.2) is 50.0 Å². The number of aromatic nitrogens is 4. The van der Waals surface area contributed by atoms with Crippen molar-refractivity contribution in [2.75, 3.05) is 18.4 Å². The van der Waals surface area contributed by atoms with Crippen molar-refractivity contribution in [3.63, 3.8) is 0 Å². The highest BCUT2D eigenvalue weighted by Crippen LogP contribution is 2.24. The third kappa shape index (κ3) is 3.79. The topological polar surface area (TPSA) is 93.0 Å². The molecular formula is C19H20N6O2S. The normalized spacial score (nSPS) is 16.8. The lowest BCUT2D eigenvalue weighted by atomic mass is 9.96. The smallest absolute Gasteiger partial charge is 0.263 e. The molecule has 0 unspecified atom stereocenters. The zero-order valence-corrected chi connectivity index (χ0v) is 16.2. The summed E-state index contributed by atoms with van der Waals surface area (Å²) in [5, 5.41) is 16.1. The van der Waals surface area contributed by atoms with Crippen LogP contribution < -0.4 is 5.32 Å². The Hall–Kier alpha value is -3.07. The van der Waals surface area contributed by atoms with E-state index in [2.05, 4.69) is 20.8 Å². The zero-order chi connectivity index (χ0) is 19.5. The summed E-state index contributed by atoms with van der Waals surface area (Å²) in [6.45, 7) is 3.06. The van der Waals surface area contributed by atoms with Gasteiger partial charge in [0.05, 0.1) is 16.5 Å². The molecule has 8 nitrogen and oxygen atoms in total. The van der Waals surface area contributed by atoms with E-state index in [0.717, 1.165) is 29.8 Å². The molecule has 1 atom stereocenters. The molecule has 2 aromatic heterocycles. The number of anilines is 1. The molecule has 0 radical (unpaired) electrons. The maximum absolute atomic E-state index is 12.9. The summed E-state index contributed by atoms with van der Waals surface area (Å²) in [7, 11) is 0. The van der Waals surface area contributed by atoms with Gasteiger partial charge in [0.15, 0.2) is 0 Å². The van der Waals surface area contributed by atoms with Gasteiger partial charge in [0.2, 0.25) is 5.91 Å². The van der Waals surface area contributed by atoms with E-state index in [1.54, 1.807) is 4.90 Å². The maximum atomic E-state index is 12.9. The van der Waals surface area contributed by atoms with Crippen molar-refractivity contribution in [2.24, 2.45) is 5.92 Å². The van der Waals surface area contributed by atoms with Crippen LogP contribution in [-0.2, 0) is 4.79 Å². The summed E-state index contributed by atoms with van der Waals surface area (Å²) in [4.78, 5) is 28.0. The Morgan fingerprint density at radius 1 is 1.29 bits per heavy atom. The lowest BCUT2D eigenvalue weighted by molar-refractivity contribution is -0.121. The molecule has 1 aliphatic heterocycles. The zero-order valence-electron chi connectivity index (χ0n) is 15.4. The number of likely N-dealkylation sites (tertiary alicyclic amines) is 1. The number of nitrogens with zero attached hydrogens (tertiary/aromatic N) is 5. The molecule has 1 aromatic carbocycles. The molecule has 1 fully saturated rings. The molecule has 0 saturated carbocycles. The maximum Gasteiger partial charge on any atom is 0.263 e. The Kier molecular flexibility index (Phi) is 5.16. The molecule has 4 rings (SSSR count). The Balaban J connectivity index is 1.46. The van der Waals surface area contributed by atoms with Gasteiger partial charge in [-0.2, -0.15) is 0 Å². The van der Waals surface area contributed by atoms with Gasteiger partial charge >= 0.3 is 0 Å². The second-order valence-electron chi connectivity index (χ2n) is 6.81. The minimum absolute atomic E-state index is 0.00404. The van der Waals surface area contributed by atoms with E-state index in [-0.39, 0.29) is 17.7 Å². The average Bonchev–Trinajstić information content (AvgIpc) is 3.43. The van der Waals surface area contributed by atoms with Crippen molar-refractivity contribution in [2.45, 2.75) is 19.8 Å². The molecule has 2 amide bonds. The molecule has 1 saturated heterocycles. The molecule has 3 heterocycles. The van der Waals surface area contributed by atoms with Gasteiger partial charge < -0.3 is 10.2 Å². The van der Waals surface area contributed by atoms with Crippen molar-refractivity contribution in [3.05, 3.63) is 52.5 Å². The lowest BCUT2D eigenvalue weighted by Gasteiger charge is -2.32. The molecule has 3 aromatic rings. The summed E-state index contributed by atoms with van der Waals surface area (Å²) in [6, 6.07) is 9.35. The van der Waals surface area contributed by atoms with Crippen LogP contribution in [0.15, 0.2) is 42.0 Å². The third-order valence-corrected chi connectivity index (χ3v) is 5.76. The highest BCUT2D eigenvalue weighted by Gasteiger charge is 2.29. The summed E-state index contributed by atoms with van der Waals surface area (Å²) >= 11 is 1.43. The minimum Gasteiger partial charge on any atom is -0.337 e. The largest absolute Gasteiger partial charge is 0.337 e. The molecule has 0 bridgehead atoms. The molecular weight excluding hydrogens is 376 g/mol. The van der Waals surface area contributed by atoms with Crippen LogP contribution in [0.25, 0.3) is 5.69 Å². The van der Waals surface area contributed by atoms with Crippen LogP contribution in [0, 0.1) is 12.8 Å². The fourth-order valence-corrected chi connectivity index (χ4v) is 4.02. The highest BCUT2D eigenvalue weighted by molar-refractivity contribution is 7.12. The van der Waals surface area contributed by atoms with Gasteiger partial charge in [-0.05, 0) is 59.3 Å². The van der Waals surface area contributed by atoms with E-state index in [4.69, 9.17) is 0 Å². The number of amides is 2. The molecule has 1 N–H and O–H groups in total. The first-order valence-corrected chi connectivity index (χ1v) is 9.97. The van der Waals surface area contributed by atoms with Crippen LogP contribution in [0.1, 0.15) is 28.1 Å². The average molecular weight is 396 g/mol. The molecule has 1 aliphatic rings. The van der Waals surface area contributed by atoms with Crippen LogP contribution in [0.3, 0.4) is 0 Å². The van der Waals surface area contributed by atoms with E-state index < -0.39 is 0 Å². The molecule has 0 spiro atoms. The van der Waals surface area contributed by atoms with Crippen LogP contribution >= 0.6 is 11.3 Å². The summed E-state index contributed by atoms with van der Waals surface area (Å²) in [5.41, 5.74) is 2.44. The molecule has 144 valence electrons. The van der Waals surface area contributed by atoms with Gasteiger partial charge in [0.25, 0.3) is 5.91 Å². The first-order chi connectivity index (χ1) is 13.6. The van der Waals surface area contributed by atoms with Gasteiger partial charge in [0, 0.05) is 18.8 Å². The highest BCUT2D eigenvalue weighted by atomic mass is 32.1. The molecule has 28 heavy (non-hydrogen) atoms. The predicted molar refractivity (Wildman–Crippen MR) is 105 cm³/mol. The third-order valence-electron chi connectivity index (χ3n) is 4.90. The van der Waals surface area contributed by atoms with Gasteiger partial charge in [0.1, 0.15) is 6.33 Å². The van der Waals surface area contributed by atoms with E-state index in [1.807, 2.05) is 42.6 Å². The quantitative estimate of drug-likeness (QED) is 0.731. The standard InChI is InChI=1S/C19H20N6O2S/c1-13-6-7-15(25-12-20-22-23-25)10-16(13)21-18(26)14-4-2-8-24(11-14)19(27)17-5-3-9-28-17/h3,5-7,9-10,12,14H,2,4,8,11H2,1H3,(H,21,26)/t14-/m0/s1. The second-order valence-corrected chi connectivity index (χ2v) is 7.76. The first-order valence-electron chi connectivity index (χ1n) is 9.09. The summed E-state index contributed by atoms with van der Waals surface area (Å²) in [6.07, 6.45) is 3.09. The fourth-order valence-electron chi connectivity index (χ4n) is 3.33. The molecule has 9 heteroatoms. The van der Waals surface area contributed by atoms with E-state index in [9.17, 15) is 9.59 Å². The van der Waals surface area contributed by atoms with E-state index in [1.165, 1.54) is 22.3 Å². The fraction of sp³-hybridized carbons (Fsp3) is 0.316. The Bertz CT molecular complexity index is 970. The van der Waals surface area contributed by atoms with E-state index in [0.29, 0.717) is 18.0 Å². The Labute approximate surface area is 166 Å². The van der Waals surface area contributed by atoms with Crippen LogP contribution in [0.2, 0.25) is 0 Å². The van der Waals surface area contributed by atoms with Crippen molar-refractivity contribution >= 4 is 28.8 Å². The number of hydrogen-bond donors (Lipinski definition) is 1. The van der Waals surface area contributed by atoms with Crippen molar-refractivity contribution in [3.8, 4) is 5.69 Å². The van der Waals surface area contributed by atoms with E-state index >= 15 is 0 Å². The Morgan fingerprint density at radius 3 is 2.93 bits per heavy atom. The van der Waals surface area contributed by atoms with Crippen molar-refractivity contribution in [1.29, 1.82) is 0 Å². The van der Waals surface area contributed by atoms with Crippen molar-refractivity contribution in [1.82, 2.24) is 25.1 Å². The van der Waals surface area contributed by atoms with Crippen molar-refractivity contribution < 1.29 is 9.59 Å². The number of piperidine rings is 1. The van der Waals surface area contributed by atoms with Crippen LogP contribution in [0.4, 0.5) is 5.69 Å². The van der Waals surface area contributed by atoms with Gasteiger partial charge in [-0.15, -0.1) is 16.4 Å². The number of tetrazole rings is 1. The number of thiophene rings is 1. The summed E-state index contributed by atoms with van der Waals surface area (Å²) < 4.78 is 1.54. The number of aryl methyl sites for hydroxylation is 1. The van der Waals surface area contributed by atoms with Gasteiger partial charge in [-0.25, -0.2) is 4.68 Å². The number of carbonyl (C=O) groups is 2. The predicted octanol–water partition coefficient (Wildman–Crippen LogP) is 2.52. The summed E-state index contributed by atoms with van der Waals surface area (Å²) in [5.74, 6) is -0.293. The van der Waals surface area contributed by atoms with Gasteiger partial charge in [-0.1, -0.05) is 12.1 Å². The monoisotopic (exact) mass is 396 g/mol. The lowest BCUT2D eigenvalue weighted by Crippen LogP contribution is -2.43. The number of benzene rings is 1. The minimum atomic E-state index is -0.228. The first kappa shape index (κ1) is 18.3. The number of carbonyl (C=O) groups excluding carboxylic acids is 2. The Morgan fingerprint density at radius 2 is 2.18 bits per heavy atom. The second kappa shape index (κ2) is 7.89.